The van der Waals surface area contributed by atoms with Crippen LogP contribution in [0.25, 0.3) is 0 Å². The Labute approximate surface area is 183 Å². The van der Waals surface area contributed by atoms with E-state index in [1.54, 1.807) is 0 Å². The summed E-state index contributed by atoms with van der Waals surface area (Å²) in [6.45, 7) is 20.1. The molecule has 0 aliphatic carbocycles. The molecule has 1 atom stereocenters. The zero-order valence-electron chi connectivity index (χ0n) is 18.1. The molecule has 27 heavy (non-hydrogen) atoms. The summed E-state index contributed by atoms with van der Waals surface area (Å²) in [6, 6.07) is 0.647. The Hall–Kier alpha value is -0.120. The van der Waals surface area contributed by atoms with E-state index in [-0.39, 0.29) is 29.5 Å². The molecule has 2 aliphatic rings. The fraction of sp³-hybridized carbons (Fsp3) is 0.950. The van der Waals surface area contributed by atoms with E-state index in [0.29, 0.717) is 12.0 Å². The van der Waals surface area contributed by atoms with Crippen LogP contribution in [0.3, 0.4) is 0 Å². The second-order valence-corrected chi connectivity index (χ2v) is 8.58. The topological polar surface area (TPSA) is 52.1 Å². The lowest BCUT2D eigenvalue weighted by atomic mass is 9.97. The Morgan fingerprint density at radius 1 is 1.19 bits per heavy atom. The molecule has 2 N–H and O–H groups in total. The van der Waals surface area contributed by atoms with Crippen LogP contribution < -0.4 is 10.6 Å². The van der Waals surface area contributed by atoms with Crippen LogP contribution in [0.1, 0.15) is 47.5 Å². The van der Waals surface area contributed by atoms with Crippen LogP contribution in [0.2, 0.25) is 0 Å². The van der Waals surface area contributed by atoms with Gasteiger partial charge >= 0.3 is 0 Å². The van der Waals surface area contributed by atoms with Crippen LogP contribution in [-0.2, 0) is 4.74 Å². The van der Waals surface area contributed by atoms with Gasteiger partial charge in [-0.15, -0.1) is 24.0 Å². The van der Waals surface area contributed by atoms with E-state index in [0.717, 1.165) is 51.9 Å². The SMILES string of the molecule is CCNC(=NCC(C)(C)N1CCOCC1)NCC1CCCN(C(C)C)C1.I. The number of halogens is 1. The first-order chi connectivity index (χ1) is 12.4. The Kier molecular flexibility index (Phi) is 11.5. The number of aliphatic imine (C=N–C) groups is 1. The van der Waals surface area contributed by atoms with E-state index >= 15 is 0 Å². The molecule has 0 aromatic carbocycles. The molecule has 0 bridgehead atoms. The largest absolute Gasteiger partial charge is 0.379 e. The molecule has 0 spiro atoms. The summed E-state index contributed by atoms with van der Waals surface area (Å²) in [5.41, 5.74) is 0.0609. The first-order valence-electron chi connectivity index (χ1n) is 10.5. The van der Waals surface area contributed by atoms with Crippen molar-refractivity contribution in [2.45, 2.75) is 59.0 Å². The quantitative estimate of drug-likeness (QED) is 0.323. The maximum atomic E-state index is 5.48. The molecule has 0 aromatic heterocycles. The maximum absolute atomic E-state index is 5.48. The van der Waals surface area contributed by atoms with Gasteiger partial charge in [0.1, 0.15) is 0 Å². The highest BCUT2D eigenvalue weighted by molar-refractivity contribution is 14.0. The monoisotopic (exact) mass is 495 g/mol. The van der Waals surface area contributed by atoms with E-state index in [2.05, 4.69) is 55.1 Å². The van der Waals surface area contributed by atoms with Gasteiger partial charge in [0.15, 0.2) is 5.96 Å². The molecule has 2 rings (SSSR count). The van der Waals surface area contributed by atoms with Gasteiger partial charge in [-0.05, 0) is 59.9 Å². The number of hydrogen-bond donors (Lipinski definition) is 2. The summed E-state index contributed by atoms with van der Waals surface area (Å²) in [6.07, 6.45) is 2.62. The van der Waals surface area contributed by atoms with Crippen molar-refractivity contribution in [3.05, 3.63) is 0 Å². The van der Waals surface area contributed by atoms with E-state index in [9.17, 15) is 0 Å². The number of ether oxygens (including phenoxy) is 1. The van der Waals surface area contributed by atoms with Crippen LogP contribution in [0.4, 0.5) is 0 Å². The normalized spacial score (nSPS) is 23.2. The van der Waals surface area contributed by atoms with E-state index in [1.165, 1.54) is 25.9 Å². The van der Waals surface area contributed by atoms with Crippen molar-refractivity contribution in [3.63, 3.8) is 0 Å². The molecule has 0 aromatic rings. The number of piperidine rings is 1. The number of nitrogens with one attached hydrogen (secondary N) is 2. The van der Waals surface area contributed by atoms with Crippen LogP contribution in [0.5, 0.6) is 0 Å². The smallest absolute Gasteiger partial charge is 0.191 e. The summed E-state index contributed by atoms with van der Waals surface area (Å²) in [5.74, 6) is 1.66. The summed E-state index contributed by atoms with van der Waals surface area (Å²) in [5, 5.41) is 7.01. The second-order valence-electron chi connectivity index (χ2n) is 8.58. The lowest BCUT2D eigenvalue weighted by Gasteiger charge is -2.40. The van der Waals surface area contributed by atoms with Gasteiger partial charge < -0.3 is 20.3 Å². The molecule has 2 saturated heterocycles. The fourth-order valence-electron chi connectivity index (χ4n) is 3.86. The highest BCUT2D eigenvalue weighted by Crippen LogP contribution is 2.18. The molecule has 160 valence electrons. The molecular formula is C20H42IN5O. The Balaban J connectivity index is 0.00000364. The predicted molar refractivity (Wildman–Crippen MR) is 125 cm³/mol. The summed E-state index contributed by atoms with van der Waals surface area (Å²) in [4.78, 5) is 9.99. The van der Waals surface area contributed by atoms with Crippen molar-refractivity contribution in [2.75, 3.05) is 59.0 Å². The summed E-state index contributed by atoms with van der Waals surface area (Å²) in [7, 11) is 0. The van der Waals surface area contributed by atoms with Crippen molar-refractivity contribution in [1.82, 2.24) is 20.4 Å². The number of nitrogens with zero attached hydrogens (tertiary/aromatic N) is 3. The van der Waals surface area contributed by atoms with Crippen LogP contribution in [-0.4, -0.2) is 86.4 Å². The summed E-state index contributed by atoms with van der Waals surface area (Å²) < 4.78 is 5.48. The van der Waals surface area contributed by atoms with Gasteiger partial charge in [-0.3, -0.25) is 9.89 Å². The zero-order valence-corrected chi connectivity index (χ0v) is 20.4. The molecule has 6 nitrogen and oxygen atoms in total. The van der Waals surface area contributed by atoms with Gasteiger partial charge in [0, 0.05) is 44.3 Å². The van der Waals surface area contributed by atoms with Gasteiger partial charge in [0.05, 0.1) is 19.8 Å². The van der Waals surface area contributed by atoms with Crippen LogP contribution in [0.15, 0.2) is 4.99 Å². The first kappa shape index (κ1) is 24.9. The minimum absolute atomic E-state index is 0. The standard InChI is InChI=1S/C20H41N5O.HI/c1-6-21-19(22-14-18-8-7-9-24(15-18)17(2)3)23-16-20(4,5)25-10-12-26-13-11-25;/h17-18H,6-16H2,1-5H3,(H2,21,22,23);1H. The molecule has 2 fully saturated rings. The lowest BCUT2D eigenvalue weighted by Crippen LogP contribution is -2.52. The molecule has 7 heteroatoms. The van der Waals surface area contributed by atoms with Crippen molar-refractivity contribution >= 4 is 29.9 Å². The van der Waals surface area contributed by atoms with E-state index in [1.807, 2.05) is 0 Å². The molecule has 0 radical (unpaired) electrons. The number of likely N-dealkylation sites (tertiary alicyclic amines) is 1. The highest BCUT2D eigenvalue weighted by Gasteiger charge is 2.28. The third kappa shape index (κ3) is 8.41. The van der Waals surface area contributed by atoms with Gasteiger partial charge in [0.25, 0.3) is 0 Å². The Bertz CT molecular complexity index is 438. The first-order valence-corrected chi connectivity index (χ1v) is 10.5. The van der Waals surface area contributed by atoms with Crippen molar-refractivity contribution in [3.8, 4) is 0 Å². The number of rotatable bonds is 7. The maximum Gasteiger partial charge on any atom is 0.191 e. The van der Waals surface area contributed by atoms with Gasteiger partial charge in [-0.2, -0.15) is 0 Å². The lowest BCUT2D eigenvalue weighted by molar-refractivity contribution is -0.00684. The van der Waals surface area contributed by atoms with Gasteiger partial charge in [-0.25, -0.2) is 0 Å². The van der Waals surface area contributed by atoms with E-state index < -0.39 is 0 Å². The minimum Gasteiger partial charge on any atom is -0.379 e. The third-order valence-electron chi connectivity index (χ3n) is 5.67. The number of morpholine rings is 1. The van der Waals surface area contributed by atoms with E-state index in [4.69, 9.17) is 9.73 Å². The molecule has 0 amide bonds. The average molecular weight is 495 g/mol. The number of guanidine groups is 1. The Morgan fingerprint density at radius 2 is 1.89 bits per heavy atom. The van der Waals surface area contributed by atoms with Crippen LogP contribution in [0, 0.1) is 5.92 Å². The molecule has 2 aliphatic heterocycles. The van der Waals surface area contributed by atoms with Crippen molar-refractivity contribution in [1.29, 1.82) is 0 Å². The van der Waals surface area contributed by atoms with Crippen molar-refractivity contribution in [2.24, 2.45) is 10.9 Å². The third-order valence-corrected chi connectivity index (χ3v) is 5.67. The second kappa shape index (κ2) is 12.4. The van der Waals surface area contributed by atoms with Crippen molar-refractivity contribution < 1.29 is 4.74 Å². The zero-order chi connectivity index (χ0) is 19.0. The average Bonchev–Trinajstić information content (AvgIpc) is 2.65. The molecule has 2 heterocycles. The van der Waals surface area contributed by atoms with Gasteiger partial charge in [-0.1, -0.05) is 0 Å². The molecule has 0 saturated carbocycles. The number of hydrogen-bond acceptors (Lipinski definition) is 4. The minimum atomic E-state index is 0. The predicted octanol–water partition coefficient (Wildman–Crippen LogP) is 2.39. The fourth-order valence-corrected chi connectivity index (χ4v) is 3.86. The summed E-state index contributed by atoms with van der Waals surface area (Å²) >= 11 is 0. The highest BCUT2D eigenvalue weighted by atomic mass is 127. The Morgan fingerprint density at radius 3 is 2.52 bits per heavy atom. The molecule has 1 unspecified atom stereocenters. The molecular weight excluding hydrogens is 453 g/mol. The van der Waals surface area contributed by atoms with Gasteiger partial charge in [0.2, 0.25) is 0 Å². The van der Waals surface area contributed by atoms with Crippen LogP contribution >= 0.6 is 24.0 Å².